The lowest BCUT2D eigenvalue weighted by Gasteiger charge is -2.23. The predicted molar refractivity (Wildman–Crippen MR) is 96.0 cm³/mol. The Morgan fingerprint density at radius 2 is 1.30 bits per heavy atom. The fourth-order valence-electron chi connectivity index (χ4n) is 2.64. The number of aliphatic hydroxyl groups is 2. The summed E-state index contributed by atoms with van der Waals surface area (Å²) < 4.78 is 13.6. The van der Waals surface area contributed by atoms with Crippen LogP contribution in [0.1, 0.15) is 90.4 Å². The highest BCUT2D eigenvalue weighted by atomic mass is 19.1. The fourth-order valence-corrected chi connectivity index (χ4v) is 2.64. The number of hydrogen-bond acceptors (Lipinski definition) is 3. The molecule has 4 N–H and O–H groups in total. The molecule has 0 aliphatic carbocycles. The van der Waals surface area contributed by atoms with Crippen LogP contribution in [-0.2, 0) is 0 Å². The molecule has 0 aliphatic heterocycles. The first kappa shape index (κ1) is 22.6. The van der Waals surface area contributed by atoms with Crippen molar-refractivity contribution in [3.05, 3.63) is 11.9 Å². The lowest BCUT2D eigenvalue weighted by Crippen LogP contribution is -2.47. The lowest BCUT2D eigenvalue weighted by atomic mass is 9.97. The maximum absolute atomic E-state index is 13.6. The number of nitrogens with two attached hydrogens (primary N) is 1. The number of allylic oxidation sites excluding steroid dienone is 1. The van der Waals surface area contributed by atoms with E-state index in [0.717, 1.165) is 12.8 Å². The van der Waals surface area contributed by atoms with E-state index in [0.29, 0.717) is 6.42 Å². The topological polar surface area (TPSA) is 66.5 Å². The van der Waals surface area contributed by atoms with Gasteiger partial charge in [0.1, 0.15) is 0 Å². The van der Waals surface area contributed by atoms with Crippen molar-refractivity contribution in [1.29, 1.82) is 0 Å². The van der Waals surface area contributed by atoms with Crippen LogP contribution in [0.25, 0.3) is 0 Å². The average molecular weight is 332 g/mol. The smallest absolute Gasteiger partial charge is 0.0979 e. The highest BCUT2D eigenvalue weighted by Crippen LogP contribution is 2.17. The van der Waals surface area contributed by atoms with Gasteiger partial charge in [-0.1, -0.05) is 77.2 Å². The van der Waals surface area contributed by atoms with E-state index in [2.05, 4.69) is 6.92 Å². The summed E-state index contributed by atoms with van der Waals surface area (Å²) in [6, 6.07) is 0. The van der Waals surface area contributed by atoms with Crippen LogP contribution in [0.4, 0.5) is 4.39 Å². The molecule has 0 saturated heterocycles. The van der Waals surface area contributed by atoms with Gasteiger partial charge in [0.15, 0.2) is 0 Å². The van der Waals surface area contributed by atoms with Crippen molar-refractivity contribution in [2.24, 2.45) is 5.73 Å². The van der Waals surface area contributed by atoms with E-state index in [9.17, 15) is 4.39 Å². The number of hydrogen-bond donors (Lipinski definition) is 3. The van der Waals surface area contributed by atoms with Crippen molar-refractivity contribution >= 4 is 0 Å². The molecule has 23 heavy (non-hydrogen) atoms. The Morgan fingerprint density at radius 3 is 1.74 bits per heavy atom. The Bertz CT molecular complexity index is 291. The average Bonchev–Trinajstić information content (AvgIpc) is 2.55. The van der Waals surface area contributed by atoms with Crippen LogP contribution < -0.4 is 5.73 Å². The van der Waals surface area contributed by atoms with Crippen LogP contribution in [0, 0.1) is 0 Å². The van der Waals surface area contributed by atoms with Gasteiger partial charge in [0.25, 0.3) is 0 Å². The summed E-state index contributed by atoms with van der Waals surface area (Å²) in [5, 5.41) is 18.1. The molecule has 0 atom stereocenters. The van der Waals surface area contributed by atoms with Gasteiger partial charge in [-0.05, 0) is 12.8 Å². The highest BCUT2D eigenvalue weighted by molar-refractivity contribution is 5.00. The minimum atomic E-state index is -1.24. The van der Waals surface area contributed by atoms with Crippen molar-refractivity contribution in [3.63, 3.8) is 0 Å². The van der Waals surface area contributed by atoms with Gasteiger partial charge in [0.05, 0.1) is 24.6 Å². The number of aliphatic hydroxyl groups excluding tert-OH is 2. The standard InChI is InChI=1S/C19H38FNO2/c1-2-3-4-5-6-7-8-9-10-11-12-13-14-18(20)15-19(21,16-22)17-23/h14,22-23H,2-13,15-17,21H2,1H3/b18-14+. The van der Waals surface area contributed by atoms with Crippen molar-refractivity contribution in [1.82, 2.24) is 0 Å². The Hall–Kier alpha value is -0.450. The zero-order chi connectivity index (χ0) is 17.4. The summed E-state index contributed by atoms with van der Waals surface area (Å²) in [5.74, 6) is -0.331. The lowest BCUT2D eigenvalue weighted by molar-refractivity contribution is 0.116. The van der Waals surface area contributed by atoms with Crippen LogP contribution in [0.15, 0.2) is 11.9 Å². The molecule has 0 aliphatic rings. The molecule has 3 nitrogen and oxygen atoms in total. The molecule has 0 aromatic rings. The van der Waals surface area contributed by atoms with Crippen LogP contribution in [0.3, 0.4) is 0 Å². The van der Waals surface area contributed by atoms with Gasteiger partial charge in [-0.2, -0.15) is 0 Å². The van der Waals surface area contributed by atoms with Crippen molar-refractivity contribution in [3.8, 4) is 0 Å². The number of rotatable bonds is 16. The molecule has 0 amide bonds. The number of unbranched alkanes of at least 4 members (excludes halogenated alkanes) is 11. The first-order valence-electron chi connectivity index (χ1n) is 9.43. The summed E-state index contributed by atoms with van der Waals surface area (Å²) in [6.45, 7) is 1.42. The third kappa shape index (κ3) is 13.7. The maximum Gasteiger partial charge on any atom is 0.0979 e. The molecule has 0 fully saturated rings. The van der Waals surface area contributed by atoms with E-state index in [1.165, 1.54) is 57.8 Å². The second-order valence-electron chi connectivity index (χ2n) is 6.83. The van der Waals surface area contributed by atoms with Crippen LogP contribution in [-0.4, -0.2) is 29.0 Å². The van der Waals surface area contributed by atoms with Crippen LogP contribution >= 0.6 is 0 Å². The van der Waals surface area contributed by atoms with E-state index in [1.807, 2.05) is 0 Å². The molecule has 0 bridgehead atoms. The molecule has 0 spiro atoms. The minimum Gasteiger partial charge on any atom is -0.394 e. The van der Waals surface area contributed by atoms with Gasteiger partial charge in [-0.3, -0.25) is 0 Å². The summed E-state index contributed by atoms with van der Waals surface area (Å²) in [6.07, 6.45) is 16.2. The quantitative estimate of drug-likeness (QED) is 0.362. The molecule has 0 unspecified atom stereocenters. The van der Waals surface area contributed by atoms with E-state index in [1.54, 1.807) is 6.08 Å². The third-order valence-corrected chi connectivity index (χ3v) is 4.32. The minimum absolute atomic E-state index is 0.0992. The van der Waals surface area contributed by atoms with Crippen LogP contribution in [0.2, 0.25) is 0 Å². The Labute approximate surface area is 142 Å². The predicted octanol–water partition coefficient (Wildman–Crippen LogP) is 4.61. The van der Waals surface area contributed by atoms with E-state index in [4.69, 9.17) is 15.9 Å². The van der Waals surface area contributed by atoms with Gasteiger partial charge in [-0.25, -0.2) is 4.39 Å². The maximum atomic E-state index is 13.6. The van der Waals surface area contributed by atoms with Crippen LogP contribution in [0.5, 0.6) is 0 Å². The summed E-state index contributed by atoms with van der Waals surface area (Å²) >= 11 is 0. The molecule has 0 aromatic carbocycles. The fraction of sp³-hybridized carbons (Fsp3) is 0.895. The molecule has 0 saturated carbocycles. The SMILES string of the molecule is CCCCCCCCCCCCC/C=C(/F)CC(N)(CO)CO. The Morgan fingerprint density at radius 1 is 0.870 bits per heavy atom. The van der Waals surface area contributed by atoms with Crippen molar-refractivity contribution in [2.75, 3.05) is 13.2 Å². The highest BCUT2D eigenvalue weighted by Gasteiger charge is 2.24. The zero-order valence-electron chi connectivity index (χ0n) is 15.0. The van der Waals surface area contributed by atoms with Gasteiger partial charge in [0.2, 0.25) is 0 Å². The normalized spacial score (nSPS) is 12.8. The molecule has 0 rings (SSSR count). The largest absolute Gasteiger partial charge is 0.394 e. The van der Waals surface area contributed by atoms with Gasteiger partial charge < -0.3 is 15.9 Å². The molecule has 0 aromatic heterocycles. The Balaban J connectivity index is 3.46. The molecule has 0 radical (unpaired) electrons. The van der Waals surface area contributed by atoms with E-state index < -0.39 is 18.8 Å². The summed E-state index contributed by atoms with van der Waals surface area (Å²) in [5.41, 5.74) is 4.41. The first-order valence-corrected chi connectivity index (χ1v) is 9.43. The zero-order valence-corrected chi connectivity index (χ0v) is 15.0. The second kappa shape index (κ2) is 15.1. The molecular weight excluding hydrogens is 293 g/mol. The third-order valence-electron chi connectivity index (χ3n) is 4.32. The summed E-state index contributed by atoms with van der Waals surface area (Å²) in [4.78, 5) is 0. The second-order valence-corrected chi connectivity index (χ2v) is 6.83. The molecule has 0 heterocycles. The van der Waals surface area contributed by atoms with E-state index in [-0.39, 0.29) is 12.2 Å². The first-order chi connectivity index (χ1) is 11.1. The van der Waals surface area contributed by atoms with Gasteiger partial charge in [-0.15, -0.1) is 0 Å². The monoisotopic (exact) mass is 331 g/mol. The number of halogens is 1. The summed E-state index contributed by atoms with van der Waals surface area (Å²) in [7, 11) is 0. The van der Waals surface area contributed by atoms with Crippen molar-refractivity contribution in [2.45, 2.75) is 95.9 Å². The Kier molecular flexibility index (Phi) is 14.8. The molecular formula is C19H38FNO2. The molecule has 4 heteroatoms. The van der Waals surface area contributed by atoms with Gasteiger partial charge in [0, 0.05) is 6.42 Å². The molecule has 138 valence electrons. The van der Waals surface area contributed by atoms with Crippen molar-refractivity contribution < 1.29 is 14.6 Å². The van der Waals surface area contributed by atoms with E-state index >= 15 is 0 Å². The van der Waals surface area contributed by atoms with Gasteiger partial charge >= 0.3 is 0 Å².